The van der Waals surface area contributed by atoms with Crippen molar-refractivity contribution in [3.8, 4) is 0 Å². The number of carbonyl (C=O) groups excluding carboxylic acids is 2. The first-order valence-electron chi connectivity index (χ1n) is 7.74. The fourth-order valence-corrected chi connectivity index (χ4v) is 2.26. The predicted octanol–water partition coefficient (Wildman–Crippen LogP) is 2.51. The summed E-state index contributed by atoms with van der Waals surface area (Å²) in [6.07, 6.45) is 0.764. The lowest BCUT2D eigenvalue weighted by Gasteiger charge is -2.12. The lowest BCUT2D eigenvalue weighted by atomic mass is 10.1. The number of ether oxygens (including phenoxy) is 1. The van der Waals surface area contributed by atoms with E-state index in [1.54, 1.807) is 24.3 Å². The first-order valence-corrected chi connectivity index (χ1v) is 7.74. The third-order valence-corrected chi connectivity index (χ3v) is 3.72. The molecule has 24 heavy (non-hydrogen) atoms. The molecule has 0 aliphatic carbocycles. The molecule has 0 aromatic heterocycles. The summed E-state index contributed by atoms with van der Waals surface area (Å²) in [4.78, 5) is 25.5. The maximum atomic E-state index is 12.1. The highest BCUT2D eigenvalue weighted by molar-refractivity contribution is 5.96. The second-order valence-electron chi connectivity index (χ2n) is 5.64. The Morgan fingerprint density at radius 2 is 1.54 bits per heavy atom. The highest BCUT2D eigenvalue weighted by Crippen LogP contribution is 2.12. The fourth-order valence-electron chi connectivity index (χ4n) is 2.26. The van der Waals surface area contributed by atoms with E-state index in [0.29, 0.717) is 17.7 Å². The van der Waals surface area contributed by atoms with Gasteiger partial charge in [-0.15, -0.1) is 0 Å². The van der Waals surface area contributed by atoms with Crippen LogP contribution in [0.25, 0.3) is 0 Å². The molecule has 0 spiro atoms. The Kier molecular flexibility index (Phi) is 5.95. The molecule has 0 aliphatic heterocycles. The SMILES string of the molecule is COC(=O)c1ccc(C(=O)NCCc2ccc(N(C)C)cc2)cc1. The quantitative estimate of drug-likeness (QED) is 0.829. The van der Waals surface area contributed by atoms with Crippen LogP contribution in [0, 0.1) is 0 Å². The molecular weight excluding hydrogens is 304 g/mol. The van der Waals surface area contributed by atoms with Crippen LogP contribution < -0.4 is 10.2 Å². The number of anilines is 1. The Bertz CT molecular complexity index is 692. The van der Waals surface area contributed by atoms with Crippen molar-refractivity contribution in [1.29, 1.82) is 0 Å². The van der Waals surface area contributed by atoms with E-state index in [-0.39, 0.29) is 5.91 Å². The number of carbonyl (C=O) groups is 2. The van der Waals surface area contributed by atoms with Crippen molar-refractivity contribution < 1.29 is 14.3 Å². The first-order chi connectivity index (χ1) is 11.5. The molecule has 126 valence electrons. The van der Waals surface area contributed by atoms with Crippen LogP contribution in [-0.4, -0.2) is 39.6 Å². The third-order valence-electron chi connectivity index (χ3n) is 3.72. The normalized spacial score (nSPS) is 10.1. The lowest BCUT2D eigenvalue weighted by molar-refractivity contribution is 0.0600. The minimum Gasteiger partial charge on any atom is -0.465 e. The zero-order valence-electron chi connectivity index (χ0n) is 14.2. The largest absolute Gasteiger partial charge is 0.465 e. The minimum atomic E-state index is -0.414. The van der Waals surface area contributed by atoms with Crippen LogP contribution in [0.15, 0.2) is 48.5 Å². The topological polar surface area (TPSA) is 58.6 Å². The van der Waals surface area contributed by atoms with Crippen LogP contribution in [-0.2, 0) is 11.2 Å². The van der Waals surface area contributed by atoms with Gasteiger partial charge in [0.2, 0.25) is 0 Å². The summed E-state index contributed by atoms with van der Waals surface area (Å²) in [5, 5.41) is 2.88. The van der Waals surface area contributed by atoms with Gasteiger partial charge in [0, 0.05) is 31.9 Å². The highest BCUT2D eigenvalue weighted by Gasteiger charge is 2.08. The van der Waals surface area contributed by atoms with E-state index in [1.165, 1.54) is 12.7 Å². The molecule has 1 N–H and O–H groups in total. The third kappa shape index (κ3) is 4.59. The van der Waals surface area contributed by atoms with Crippen LogP contribution >= 0.6 is 0 Å². The molecular formula is C19H22N2O3. The molecule has 1 amide bonds. The Morgan fingerprint density at radius 3 is 2.08 bits per heavy atom. The number of benzene rings is 2. The molecule has 5 nitrogen and oxygen atoms in total. The van der Waals surface area contributed by atoms with Gasteiger partial charge in [0.15, 0.2) is 0 Å². The standard InChI is InChI=1S/C19H22N2O3/c1-21(2)17-10-4-14(5-11-17)12-13-20-18(22)15-6-8-16(9-7-15)19(23)24-3/h4-11H,12-13H2,1-3H3,(H,20,22). The van der Waals surface area contributed by atoms with Gasteiger partial charge in [0.25, 0.3) is 5.91 Å². The molecule has 2 rings (SSSR count). The van der Waals surface area contributed by atoms with Crippen molar-refractivity contribution in [3.63, 3.8) is 0 Å². The summed E-state index contributed by atoms with van der Waals surface area (Å²) in [6, 6.07) is 14.6. The van der Waals surface area contributed by atoms with E-state index in [4.69, 9.17) is 0 Å². The number of amides is 1. The number of hydrogen-bond donors (Lipinski definition) is 1. The average Bonchev–Trinajstić information content (AvgIpc) is 2.61. The molecule has 0 saturated carbocycles. The summed E-state index contributed by atoms with van der Waals surface area (Å²) in [7, 11) is 5.33. The number of hydrogen-bond acceptors (Lipinski definition) is 4. The second-order valence-corrected chi connectivity index (χ2v) is 5.64. The van der Waals surface area contributed by atoms with E-state index in [9.17, 15) is 9.59 Å². The summed E-state index contributed by atoms with van der Waals surface area (Å²) < 4.78 is 4.63. The Labute approximate surface area is 142 Å². The van der Waals surface area contributed by atoms with Crippen molar-refractivity contribution in [1.82, 2.24) is 5.32 Å². The van der Waals surface area contributed by atoms with Gasteiger partial charge in [-0.2, -0.15) is 0 Å². The van der Waals surface area contributed by atoms with E-state index in [2.05, 4.69) is 34.3 Å². The van der Waals surface area contributed by atoms with Gasteiger partial charge < -0.3 is 15.0 Å². The van der Waals surface area contributed by atoms with Crippen LogP contribution in [0.1, 0.15) is 26.3 Å². The Morgan fingerprint density at radius 1 is 0.958 bits per heavy atom. The van der Waals surface area contributed by atoms with Gasteiger partial charge in [0.05, 0.1) is 12.7 Å². The number of nitrogens with zero attached hydrogens (tertiary/aromatic N) is 1. The average molecular weight is 326 g/mol. The molecule has 0 saturated heterocycles. The van der Waals surface area contributed by atoms with Crippen LogP contribution in [0.3, 0.4) is 0 Å². The maximum absolute atomic E-state index is 12.1. The highest BCUT2D eigenvalue weighted by atomic mass is 16.5. The molecule has 0 radical (unpaired) electrons. The molecule has 0 heterocycles. The zero-order chi connectivity index (χ0) is 17.5. The lowest BCUT2D eigenvalue weighted by Crippen LogP contribution is -2.25. The minimum absolute atomic E-state index is 0.156. The van der Waals surface area contributed by atoms with Gasteiger partial charge in [0.1, 0.15) is 0 Å². The van der Waals surface area contributed by atoms with E-state index in [1.807, 2.05) is 19.0 Å². The number of nitrogens with one attached hydrogen (secondary N) is 1. The van der Waals surface area contributed by atoms with Crippen LogP contribution in [0.5, 0.6) is 0 Å². The van der Waals surface area contributed by atoms with Crippen molar-refractivity contribution in [2.75, 3.05) is 32.6 Å². The van der Waals surface area contributed by atoms with E-state index < -0.39 is 5.97 Å². The van der Waals surface area contributed by atoms with Gasteiger partial charge >= 0.3 is 5.97 Å². The molecule has 0 bridgehead atoms. The molecule has 0 unspecified atom stereocenters. The number of rotatable bonds is 6. The van der Waals surface area contributed by atoms with Gasteiger partial charge in [-0.3, -0.25) is 4.79 Å². The molecule has 5 heteroatoms. The van der Waals surface area contributed by atoms with Crippen molar-refractivity contribution in [2.45, 2.75) is 6.42 Å². The molecule has 2 aromatic rings. The van der Waals surface area contributed by atoms with Crippen molar-refractivity contribution >= 4 is 17.6 Å². The van der Waals surface area contributed by atoms with Crippen LogP contribution in [0.2, 0.25) is 0 Å². The van der Waals surface area contributed by atoms with Gasteiger partial charge in [-0.25, -0.2) is 4.79 Å². The van der Waals surface area contributed by atoms with Crippen molar-refractivity contribution in [3.05, 3.63) is 65.2 Å². The predicted molar refractivity (Wildman–Crippen MR) is 94.6 cm³/mol. The fraction of sp³-hybridized carbons (Fsp3) is 0.263. The van der Waals surface area contributed by atoms with Gasteiger partial charge in [-0.1, -0.05) is 12.1 Å². The van der Waals surface area contributed by atoms with Crippen molar-refractivity contribution in [2.24, 2.45) is 0 Å². The van der Waals surface area contributed by atoms with Crippen LogP contribution in [0.4, 0.5) is 5.69 Å². The summed E-state index contributed by atoms with van der Waals surface area (Å²) >= 11 is 0. The smallest absolute Gasteiger partial charge is 0.337 e. The summed E-state index contributed by atoms with van der Waals surface area (Å²) in [5.74, 6) is -0.570. The molecule has 2 aromatic carbocycles. The van der Waals surface area contributed by atoms with E-state index >= 15 is 0 Å². The second kappa shape index (κ2) is 8.15. The summed E-state index contributed by atoms with van der Waals surface area (Å²) in [5.41, 5.74) is 3.26. The number of methoxy groups -OCH3 is 1. The maximum Gasteiger partial charge on any atom is 0.337 e. The monoisotopic (exact) mass is 326 g/mol. The zero-order valence-corrected chi connectivity index (χ0v) is 14.2. The number of esters is 1. The Hall–Kier alpha value is -2.82. The van der Waals surface area contributed by atoms with E-state index in [0.717, 1.165) is 12.1 Å². The Balaban J connectivity index is 1.85. The molecule has 0 aliphatic rings. The molecule has 0 atom stereocenters. The first kappa shape index (κ1) is 17.5. The summed E-state index contributed by atoms with van der Waals surface area (Å²) in [6.45, 7) is 0.554. The molecule has 0 fully saturated rings. The van der Waals surface area contributed by atoms with Gasteiger partial charge in [-0.05, 0) is 48.4 Å².